The molecule has 6 nitrogen and oxygen atoms in total. The Balaban J connectivity index is 1.43. The van der Waals surface area contributed by atoms with Gasteiger partial charge in [0.2, 0.25) is 5.91 Å². The Morgan fingerprint density at radius 1 is 1.22 bits per heavy atom. The van der Waals surface area contributed by atoms with Gasteiger partial charge in [0.05, 0.1) is 25.3 Å². The van der Waals surface area contributed by atoms with Gasteiger partial charge in [0.1, 0.15) is 12.7 Å². The topological polar surface area (TPSA) is 60.0 Å². The molecule has 2 aliphatic rings. The molecule has 0 spiro atoms. The van der Waals surface area contributed by atoms with Crippen LogP contribution in [0.4, 0.5) is 0 Å². The standard InChI is InChI=1S/C17H24N2O4/c1-12-8-19(9-13(2)22-12)10-17(20)18-7-14-11-21-15-5-3-4-6-16(15)23-14/h3-6,12-14H,7-11H2,1-2H3,(H,18,20). The van der Waals surface area contributed by atoms with E-state index in [0.29, 0.717) is 19.7 Å². The highest BCUT2D eigenvalue weighted by Crippen LogP contribution is 2.30. The van der Waals surface area contributed by atoms with Crippen molar-refractivity contribution in [3.8, 4) is 11.5 Å². The van der Waals surface area contributed by atoms with Crippen molar-refractivity contribution in [2.45, 2.75) is 32.2 Å². The van der Waals surface area contributed by atoms with Gasteiger partial charge in [-0.15, -0.1) is 0 Å². The van der Waals surface area contributed by atoms with E-state index < -0.39 is 0 Å². The summed E-state index contributed by atoms with van der Waals surface area (Å²) in [4.78, 5) is 14.2. The lowest BCUT2D eigenvalue weighted by atomic mass is 10.2. The molecule has 1 amide bonds. The highest BCUT2D eigenvalue weighted by Gasteiger charge is 2.25. The molecule has 0 aliphatic carbocycles. The van der Waals surface area contributed by atoms with Crippen LogP contribution >= 0.6 is 0 Å². The fourth-order valence-corrected chi connectivity index (χ4v) is 3.06. The first-order valence-electron chi connectivity index (χ1n) is 8.13. The Hall–Kier alpha value is -1.79. The molecule has 3 unspecified atom stereocenters. The van der Waals surface area contributed by atoms with Gasteiger partial charge in [-0.05, 0) is 26.0 Å². The second-order valence-electron chi connectivity index (χ2n) is 6.25. The maximum atomic E-state index is 12.1. The zero-order chi connectivity index (χ0) is 16.2. The van der Waals surface area contributed by atoms with Crippen molar-refractivity contribution in [1.29, 1.82) is 0 Å². The predicted molar refractivity (Wildman–Crippen MR) is 85.8 cm³/mol. The minimum Gasteiger partial charge on any atom is -0.486 e. The number of nitrogens with one attached hydrogen (secondary N) is 1. The van der Waals surface area contributed by atoms with E-state index >= 15 is 0 Å². The number of para-hydroxylation sites is 2. The first kappa shape index (κ1) is 16.1. The molecule has 2 aliphatic heterocycles. The number of ether oxygens (including phenoxy) is 3. The van der Waals surface area contributed by atoms with E-state index in [1.165, 1.54) is 0 Å². The van der Waals surface area contributed by atoms with E-state index in [1.54, 1.807) is 0 Å². The van der Waals surface area contributed by atoms with Crippen LogP contribution in [0.5, 0.6) is 11.5 Å². The monoisotopic (exact) mass is 320 g/mol. The van der Waals surface area contributed by atoms with Gasteiger partial charge in [-0.25, -0.2) is 0 Å². The molecule has 3 atom stereocenters. The normalized spacial score (nSPS) is 27.5. The van der Waals surface area contributed by atoms with Crippen LogP contribution in [-0.4, -0.2) is 61.9 Å². The van der Waals surface area contributed by atoms with Crippen molar-refractivity contribution in [2.24, 2.45) is 0 Å². The third-order valence-corrected chi connectivity index (χ3v) is 3.96. The van der Waals surface area contributed by atoms with Crippen molar-refractivity contribution < 1.29 is 19.0 Å². The van der Waals surface area contributed by atoms with Crippen molar-refractivity contribution >= 4 is 5.91 Å². The Kier molecular flexibility index (Phi) is 5.03. The molecule has 3 rings (SSSR count). The number of fused-ring (bicyclic) bond motifs is 1. The summed E-state index contributed by atoms with van der Waals surface area (Å²) in [6, 6.07) is 7.57. The Morgan fingerprint density at radius 3 is 2.65 bits per heavy atom. The fourth-order valence-electron chi connectivity index (χ4n) is 3.06. The van der Waals surface area contributed by atoms with Gasteiger partial charge in [-0.2, -0.15) is 0 Å². The molecule has 1 saturated heterocycles. The molecular weight excluding hydrogens is 296 g/mol. The largest absolute Gasteiger partial charge is 0.486 e. The molecule has 126 valence electrons. The van der Waals surface area contributed by atoms with Gasteiger partial charge in [0, 0.05) is 13.1 Å². The summed E-state index contributed by atoms with van der Waals surface area (Å²) in [7, 11) is 0. The van der Waals surface area contributed by atoms with Crippen LogP contribution in [0.1, 0.15) is 13.8 Å². The van der Waals surface area contributed by atoms with Crippen molar-refractivity contribution in [3.05, 3.63) is 24.3 Å². The zero-order valence-electron chi connectivity index (χ0n) is 13.7. The second kappa shape index (κ2) is 7.19. The minimum absolute atomic E-state index is 0.00811. The lowest BCUT2D eigenvalue weighted by Gasteiger charge is -2.34. The van der Waals surface area contributed by atoms with Crippen LogP contribution in [0.3, 0.4) is 0 Å². The number of carbonyl (C=O) groups excluding carboxylic acids is 1. The maximum Gasteiger partial charge on any atom is 0.234 e. The van der Waals surface area contributed by atoms with Crippen LogP contribution in [0, 0.1) is 0 Å². The smallest absolute Gasteiger partial charge is 0.234 e. The fraction of sp³-hybridized carbons (Fsp3) is 0.588. The SMILES string of the molecule is CC1CN(CC(=O)NCC2COc3ccccc3O2)CC(C)O1. The number of morpholine rings is 1. The van der Waals surface area contributed by atoms with Gasteiger partial charge in [-0.1, -0.05) is 12.1 Å². The van der Waals surface area contributed by atoms with Gasteiger partial charge in [0.15, 0.2) is 11.5 Å². The number of rotatable bonds is 4. The number of nitrogens with zero attached hydrogens (tertiary/aromatic N) is 1. The van der Waals surface area contributed by atoms with E-state index in [1.807, 2.05) is 38.1 Å². The summed E-state index contributed by atoms with van der Waals surface area (Å²) in [6.45, 7) is 6.92. The third-order valence-electron chi connectivity index (χ3n) is 3.96. The van der Waals surface area contributed by atoms with Crippen LogP contribution in [0.15, 0.2) is 24.3 Å². The van der Waals surface area contributed by atoms with Gasteiger partial charge < -0.3 is 19.5 Å². The number of hydrogen-bond acceptors (Lipinski definition) is 5. The Labute approximate surface area is 136 Å². The van der Waals surface area contributed by atoms with E-state index in [4.69, 9.17) is 14.2 Å². The summed E-state index contributed by atoms with van der Waals surface area (Å²) < 4.78 is 17.2. The molecule has 0 radical (unpaired) electrons. The van der Waals surface area contributed by atoms with Crippen molar-refractivity contribution in [3.63, 3.8) is 0 Å². The van der Waals surface area contributed by atoms with Crippen LogP contribution in [0.2, 0.25) is 0 Å². The number of amides is 1. The molecule has 2 heterocycles. The van der Waals surface area contributed by atoms with Crippen molar-refractivity contribution in [1.82, 2.24) is 10.2 Å². The van der Waals surface area contributed by atoms with Gasteiger partial charge >= 0.3 is 0 Å². The quantitative estimate of drug-likeness (QED) is 0.899. The average Bonchev–Trinajstić information content (AvgIpc) is 2.52. The highest BCUT2D eigenvalue weighted by atomic mass is 16.6. The summed E-state index contributed by atoms with van der Waals surface area (Å²) >= 11 is 0. The summed E-state index contributed by atoms with van der Waals surface area (Å²) in [6.07, 6.45) is 0.174. The van der Waals surface area contributed by atoms with Crippen molar-refractivity contribution in [2.75, 3.05) is 32.8 Å². The predicted octanol–water partition coefficient (Wildman–Crippen LogP) is 1.05. The molecule has 1 aromatic rings. The molecular formula is C17H24N2O4. The molecule has 1 N–H and O–H groups in total. The van der Waals surface area contributed by atoms with E-state index in [9.17, 15) is 4.79 Å². The van der Waals surface area contributed by atoms with E-state index in [2.05, 4.69) is 10.2 Å². The molecule has 0 aromatic heterocycles. The first-order chi connectivity index (χ1) is 11.1. The first-order valence-corrected chi connectivity index (χ1v) is 8.13. The van der Waals surface area contributed by atoms with E-state index in [0.717, 1.165) is 24.6 Å². The minimum atomic E-state index is -0.156. The molecule has 0 saturated carbocycles. The van der Waals surface area contributed by atoms with Crippen LogP contribution in [-0.2, 0) is 9.53 Å². The molecule has 1 fully saturated rings. The van der Waals surface area contributed by atoms with Gasteiger partial charge in [0.25, 0.3) is 0 Å². The lowest BCUT2D eigenvalue weighted by molar-refractivity contribution is -0.126. The van der Waals surface area contributed by atoms with Crippen LogP contribution < -0.4 is 14.8 Å². The average molecular weight is 320 g/mol. The summed E-state index contributed by atoms with van der Waals surface area (Å²) in [5.41, 5.74) is 0. The Morgan fingerprint density at radius 2 is 1.91 bits per heavy atom. The molecule has 6 heteroatoms. The number of carbonyl (C=O) groups is 1. The summed E-state index contributed by atoms with van der Waals surface area (Å²) in [5.74, 6) is 1.49. The summed E-state index contributed by atoms with van der Waals surface area (Å²) in [5, 5.41) is 2.93. The molecule has 1 aromatic carbocycles. The number of hydrogen-bond donors (Lipinski definition) is 1. The highest BCUT2D eigenvalue weighted by molar-refractivity contribution is 5.78. The molecule has 0 bridgehead atoms. The number of benzene rings is 1. The maximum absolute atomic E-state index is 12.1. The third kappa shape index (κ3) is 4.36. The van der Waals surface area contributed by atoms with E-state index in [-0.39, 0.29) is 24.2 Å². The van der Waals surface area contributed by atoms with Gasteiger partial charge in [-0.3, -0.25) is 9.69 Å². The zero-order valence-corrected chi connectivity index (χ0v) is 13.7. The second-order valence-corrected chi connectivity index (χ2v) is 6.25. The Bertz CT molecular complexity index is 541. The molecule has 23 heavy (non-hydrogen) atoms. The van der Waals surface area contributed by atoms with Crippen LogP contribution in [0.25, 0.3) is 0 Å². The lowest BCUT2D eigenvalue weighted by Crippen LogP contribution is -2.50.